The van der Waals surface area contributed by atoms with Crippen LogP contribution >= 0.6 is 35.0 Å². The highest BCUT2D eigenvalue weighted by Gasteiger charge is 2.19. The van der Waals surface area contributed by atoms with Gasteiger partial charge in [-0.25, -0.2) is 4.98 Å². The maximum atomic E-state index is 11.5. The lowest BCUT2D eigenvalue weighted by atomic mass is 10.1. The number of nitro groups is 1. The van der Waals surface area contributed by atoms with E-state index in [1.807, 2.05) is 0 Å². The highest BCUT2D eigenvalue weighted by molar-refractivity contribution is 7.99. The number of nitrogens with two attached hydrogens (primary N) is 1. The quantitative estimate of drug-likeness (QED) is 0.241. The van der Waals surface area contributed by atoms with Crippen LogP contribution < -0.4 is 5.73 Å². The van der Waals surface area contributed by atoms with Crippen molar-refractivity contribution in [1.29, 1.82) is 5.26 Å². The normalized spacial score (nSPS) is 11.2. The van der Waals surface area contributed by atoms with E-state index in [0.29, 0.717) is 21.4 Å². The number of nitriles is 1. The van der Waals surface area contributed by atoms with Crippen LogP contribution in [0.2, 0.25) is 10.0 Å². The summed E-state index contributed by atoms with van der Waals surface area (Å²) < 4.78 is 0. The number of carbonyl (C=O) groups is 1. The fraction of sp³-hybridized carbons (Fsp3) is 0. The van der Waals surface area contributed by atoms with Crippen LogP contribution in [0.15, 0.2) is 52.0 Å². The van der Waals surface area contributed by atoms with Crippen LogP contribution in [-0.2, 0) is 4.79 Å². The molecule has 0 aliphatic heterocycles. The Kier molecular flexibility index (Phi) is 6.37. The average molecular weight is 461 g/mol. The molecule has 9 nitrogen and oxygen atoms in total. The molecule has 0 bridgehead atoms. The van der Waals surface area contributed by atoms with Crippen LogP contribution in [0.25, 0.3) is 17.5 Å². The zero-order valence-electron chi connectivity index (χ0n) is 14.8. The number of hydrogen-bond acceptors (Lipinski definition) is 7. The lowest BCUT2D eigenvalue weighted by Gasteiger charge is -2.02. The highest BCUT2D eigenvalue weighted by Crippen LogP contribution is 2.35. The van der Waals surface area contributed by atoms with Gasteiger partial charge in [0, 0.05) is 16.7 Å². The van der Waals surface area contributed by atoms with Gasteiger partial charge in [0.25, 0.3) is 11.6 Å². The summed E-state index contributed by atoms with van der Waals surface area (Å²) in [5.41, 5.74) is 5.39. The van der Waals surface area contributed by atoms with E-state index >= 15 is 0 Å². The smallest absolute Gasteiger partial charge is 0.283 e. The highest BCUT2D eigenvalue weighted by atomic mass is 35.5. The van der Waals surface area contributed by atoms with E-state index in [9.17, 15) is 14.9 Å². The number of halogens is 2. The topological polar surface area (TPSA) is 152 Å². The predicted octanol–water partition coefficient (Wildman–Crippen LogP) is 4.23. The molecule has 3 rings (SSSR count). The Morgan fingerprint density at radius 1 is 1.30 bits per heavy atom. The Hall–Kier alpha value is -3.39. The Bertz CT molecular complexity index is 1230. The standard InChI is InChI=1S/C18H10Cl2N6O3S/c19-11-2-3-12(13(20)7-11)17-23-18(25-24-17)30-15-4-1-9(6-14(15)26(28)29)5-10(8-21)16(22)27/h1-7H,(H2,22,27)(H,23,24,25)/b10-5+. The van der Waals surface area contributed by atoms with E-state index < -0.39 is 10.8 Å². The van der Waals surface area contributed by atoms with Crippen LogP contribution in [0.4, 0.5) is 5.69 Å². The Labute approximate surface area is 183 Å². The van der Waals surface area contributed by atoms with Crippen molar-refractivity contribution in [2.75, 3.05) is 0 Å². The second-order valence-corrected chi connectivity index (χ2v) is 7.56. The molecule has 0 saturated heterocycles. The molecule has 12 heteroatoms. The van der Waals surface area contributed by atoms with Crippen LogP contribution in [0, 0.1) is 21.4 Å². The van der Waals surface area contributed by atoms with Gasteiger partial charge in [-0.15, -0.1) is 5.10 Å². The zero-order valence-corrected chi connectivity index (χ0v) is 17.1. The summed E-state index contributed by atoms with van der Waals surface area (Å²) in [5.74, 6) is -0.547. The molecule has 0 spiro atoms. The third-order valence-electron chi connectivity index (χ3n) is 3.73. The van der Waals surface area contributed by atoms with Gasteiger partial charge in [0.2, 0.25) is 5.16 Å². The molecule has 0 atom stereocenters. The molecule has 0 radical (unpaired) electrons. The van der Waals surface area contributed by atoms with Gasteiger partial charge in [0.1, 0.15) is 11.6 Å². The Morgan fingerprint density at radius 3 is 2.70 bits per heavy atom. The van der Waals surface area contributed by atoms with Gasteiger partial charge in [0.05, 0.1) is 14.8 Å². The number of amides is 1. The minimum absolute atomic E-state index is 0.234. The van der Waals surface area contributed by atoms with E-state index in [4.69, 9.17) is 34.2 Å². The van der Waals surface area contributed by atoms with E-state index in [1.54, 1.807) is 24.3 Å². The first-order valence-electron chi connectivity index (χ1n) is 8.04. The SMILES string of the molecule is N#C/C(=C\c1ccc(Sc2n[nH]c(-c3ccc(Cl)cc3Cl)n2)c([N+](=O)[O-])c1)C(N)=O. The van der Waals surface area contributed by atoms with Crippen molar-refractivity contribution in [3.63, 3.8) is 0 Å². The molecule has 150 valence electrons. The van der Waals surface area contributed by atoms with Crippen molar-refractivity contribution in [3.8, 4) is 17.5 Å². The number of rotatable bonds is 6. The summed E-state index contributed by atoms with van der Waals surface area (Å²) in [6, 6.07) is 10.7. The van der Waals surface area contributed by atoms with E-state index in [2.05, 4.69) is 15.2 Å². The Balaban J connectivity index is 1.92. The first kappa shape index (κ1) is 21.3. The molecule has 3 aromatic rings. The molecular weight excluding hydrogens is 451 g/mol. The number of nitrogens with zero attached hydrogens (tertiary/aromatic N) is 4. The van der Waals surface area contributed by atoms with Crippen molar-refractivity contribution in [1.82, 2.24) is 15.2 Å². The number of nitro benzene ring substituents is 1. The van der Waals surface area contributed by atoms with Crippen molar-refractivity contribution in [2.45, 2.75) is 10.1 Å². The maximum absolute atomic E-state index is 11.5. The minimum Gasteiger partial charge on any atom is -0.365 e. The molecule has 3 N–H and O–H groups in total. The summed E-state index contributed by atoms with van der Waals surface area (Å²) in [6.45, 7) is 0. The van der Waals surface area contributed by atoms with Crippen LogP contribution in [-0.4, -0.2) is 26.0 Å². The molecule has 2 aromatic carbocycles. The van der Waals surface area contributed by atoms with Crippen LogP contribution in [0.3, 0.4) is 0 Å². The number of aromatic amines is 1. The summed E-state index contributed by atoms with van der Waals surface area (Å²) in [4.78, 5) is 26.7. The van der Waals surface area contributed by atoms with Crippen molar-refractivity contribution >= 4 is 52.6 Å². The molecule has 0 unspecified atom stereocenters. The number of hydrogen-bond donors (Lipinski definition) is 2. The van der Waals surface area contributed by atoms with Crippen molar-refractivity contribution in [2.24, 2.45) is 5.73 Å². The third-order valence-corrected chi connectivity index (χ3v) is 5.21. The average Bonchev–Trinajstić information content (AvgIpc) is 3.14. The first-order valence-corrected chi connectivity index (χ1v) is 9.61. The van der Waals surface area contributed by atoms with Gasteiger partial charge >= 0.3 is 0 Å². The monoisotopic (exact) mass is 460 g/mol. The third kappa shape index (κ3) is 4.77. The Morgan fingerprint density at radius 2 is 2.07 bits per heavy atom. The summed E-state index contributed by atoms with van der Waals surface area (Å²) in [7, 11) is 0. The first-order chi connectivity index (χ1) is 14.3. The van der Waals surface area contributed by atoms with E-state index in [1.165, 1.54) is 24.3 Å². The van der Waals surface area contributed by atoms with Gasteiger partial charge in [0.15, 0.2) is 5.82 Å². The number of carbonyl (C=O) groups excluding carboxylic acids is 1. The fourth-order valence-corrected chi connectivity index (χ4v) is 3.67. The fourth-order valence-electron chi connectivity index (χ4n) is 2.37. The summed E-state index contributed by atoms with van der Waals surface area (Å²) in [5, 5.41) is 28.3. The molecular formula is C18H10Cl2N6O3S. The number of benzene rings is 2. The van der Waals surface area contributed by atoms with Gasteiger partial charge in [-0.2, -0.15) is 5.26 Å². The zero-order chi connectivity index (χ0) is 21.8. The predicted molar refractivity (Wildman–Crippen MR) is 112 cm³/mol. The molecule has 1 amide bonds. The number of nitrogens with one attached hydrogen (secondary N) is 1. The summed E-state index contributed by atoms with van der Waals surface area (Å²) in [6.07, 6.45) is 1.18. The van der Waals surface area contributed by atoms with Gasteiger partial charge in [-0.1, -0.05) is 29.3 Å². The lowest BCUT2D eigenvalue weighted by molar-refractivity contribution is -0.387. The summed E-state index contributed by atoms with van der Waals surface area (Å²) >= 11 is 13.0. The molecule has 0 aliphatic carbocycles. The van der Waals surface area contributed by atoms with Crippen LogP contribution in [0.5, 0.6) is 0 Å². The minimum atomic E-state index is -0.923. The van der Waals surface area contributed by atoms with Gasteiger partial charge < -0.3 is 5.73 Å². The van der Waals surface area contributed by atoms with Gasteiger partial charge in [-0.05, 0) is 47.7 Å². The number of H-pyrrole nitrogens is 1. The second kappa shape index (κ2) is 8.96. The molecule has 30 heavy (non-hydrogen) atoms. The molecule has 0 aliphatic rings. The van der Waals surface area contributed by atoms with E-state index in [-0.39, 0.29) is 26.9 Å². The molecule has 0 saturated carbocycles. The van der Waals surface area contributed by atoms with E-state index in [0.717, 1.165) is 11.8 Å². The molecule has 1 aromatic heterocycles. The molecule has 0 fully saturated rings. The second-order valence-electron chi connectivity index (χ2n) is 5.71. The van der Waals surface area contributed by atoms with Crippen molar-refractivity contribution < 1.29 is 9.72 Å². The van der Waals surface area contributed by atoms with Crippen molar-refractivity contribution in [3.05, 3.63) is 67.7 Å². The number of aromatic nitrogens is 3. The molecule has 1 heterocycles. The largest absolute Gasteiger partial charge is 0.365 e. The van der Waals surface area contributed by atoms with Crippen LogP contribution in [0.1, 0.15) is 5.56 Å². The maximum Gasteiger partial charge on any atom is 0.283 e. The lowest BCUT2D eigenvalue weighted by Crippen LogP contribution is -2.12. The van der Waals surface area contributed by atoms with Gasteiger partial charge in [-0.3, -0.25) is 20.0 Å². The number of primary amides is 1.